The first-order valence-corrected chi connectivity index (χ1v) is 9.33. The summed E-state index contributed by atoms with van der Waals surface area (Å²) in [5.41, 5.74) is 0. The van der Waals surface area contributed by atoms with Gasteiger partial charge < -0.3 is 5.32 Å². The van der Waals surface area contributed by atoms with Crippen LogP contribution in [0.3, 0.4) is 0 Å². The molecule has 0 radical (unpaired) electrons. The van der Waals surface area contributed by atoms with E-state index in [0.29, 0.717) is 29.7 Å². The molecule has 4 bridgehead atoms. The molecular weight excluding hydrogens is 258 g/mol. The Kier molecular flexibility index (Phi) is 4.61. The Morgan fingerprint density at radius 3 is 2.05 bits per heavy atom. The topological polar surface area (TPSA) is 29.1 Å². The highest BCUT2D eigenvalue weighted by molar-refractivity contribution is 5.80. The molecule has 4 saturated carbocycles. The normalized spacial score (nSPS) is 38.8. The Morgan fingerprint density at radius 2 is 1.52 bits per heavy atom. The lowest BCUT2D eigenvalue weighted by molar-refractivity contribution is -0.138. The van der Waals surface area contributed by atoms with E-state index in [-0.39, 0.29) is 0 Å². The van der Waals surface area contributed by atoms with Crippen LogP contribution in [0.15, 0.2) is 0 Å². The molecule has 2 heteroatoms. The van der Waals surface area contributed by atoms with Crippen molar-refractivity contribution in [1.29, 1.82) is 0 Å². The number of hydrogen-bond acceptors (Lipinski definition) is 1. The van der Waals surface area contributed by atoms with Crippen LogP contribution in [-0.4, -0.2) is 11.9 Å². The zero-order valence-electron chi connectivity index (χ0n) is 14.1. The number of amides is 1. The van der Waals surface area contributed by atoms with Crippen LogP contribution in [0.1, 0.15) is 72.1 Å². The molecule has 0 aromatic rings. The van der Waals surface area contributed by atoms with Crippen molar-refractivity contribution in [3.05, 3.63) is 0 Å². The first-order chi connectivity index (χ1) is 10.0. The molecule has 120 valence electrons. The summed E-state index contributed by atoms with van der Waals surface area (Å²) in [6.45, 7) is 6.74. The highest BCUT2D eigenvalue weighted by Gasteiger charge is 2.50. The second-order valence-corrected chi connectivity index (χ2v) is 8.69. The summed E-state index contributed by atoms with van der Waals surface area (Å²) >= 11 is 0. The molecule has 0 aromatic carbocycles. The molecule has 1 amide bonds. The third-order valence-corrected chi connectivity index (χ3v) is 6.34. The van der Waals surface area contributed by atoms with E-state index < -0.39 is 0 Å². The minimum Gasteiger partial charge on any atom is -0.353 e. The summed E-state index contributed by atoms with van der Waals surface area (Å²) in [5, 5.41) is 3.34. The lowest BCUT2D eigenvalue weighted by Gasteiger charge is -2.53. The molecular formula is C19H33NO. The van der Waals surface area contributed by atoms with Crippen molar-refractivity contribution in [2.45, 2.75) is 78.2 Å². The average Bonchev–Trinajstić information content (AvgIpc) is 2.36. The van der Waals surface area contributed by atoms with Gasteiger partial charge in [0.05, 0.1) is 0 Å². The summed E-state index contributed by atoms with van der Waals surface area (Å²) in [7, 11) is 0. The molecule has 21 heavy (non-hydrogen) atoms. The Bertz CT molecular complexity index is 348. The Morgan fingerprint density at radius 1 is 0.952 bits per heavy atom. The van der Waals surface area contributed by atoms with Gasteiger partial charge in [0.15, 0.2) is 0 Å². The van der Waals surface area contributed by atoms with Gasteiger partial charge in [0.25, 0.3) is 0 Å². The van der Waals surface area contributed by atoms with Crippen LogP contribution in [0.5, 0.6) is 0 Å². The molecule has 1 N–H and O–H groups in total. The number of carbonyl (C=O) groups is 1. The average molecular weight is 291 g/mol. The van der Waals surface area contributed by atoms with Gasteiger partial charge >= 0.3 is 0 Å². The molecule has 1 unspecified atom stereocenters. The fourth-order valence-corrected chi connectivity index (χ4v) is 5.60. The Hall–Kier alpha value is -0.530. The van der Waals surface area contributed by atoms with Crippen molar-refractivity contribution < 1.29 is 4.79 Å². The molecule has 0 aromatic heterocycles. The van der Waals surface area contributed by atoms with Gasteiger partial charge in [-0.15, -0.1) is 0 Å². The van der Waals surface area contributed by atoms with Gasteiger partial charge in [0.2, 0.25) is 5.91 Å². The minimum absolute atomic E-state index is 0.352. The van der Waals surface area contributed by atoms with Gasteiger partial charge in [0.1, 0.15) is 0 Å². The van der Waals surface area contributed by atoms with Gasteiger partial charge in [-0.1, -0.05) is 26.7 Å². The predicted molar refractivity (Wildman–Crippen MR) is 86.8 cm³/mol. The SMILES string of the molecule is CC(C)CCCC(C)NC(=O)C1C2CC3CC(C2)CC1C3. The molecule has 4 aliphatic carbocycles. The van der Waals surface area contributed by atoms with Crippen LogP contribution in [0.4, 0.5) is 0 Å². The maximum atomic E-state index is 12.7. The number of carbonyl (C=O) groups excluding carboxylic acids is 1. The van der Waals surface area contributed by atoms with E-state index in [2.05, 4.69) is 26.1 Å². The summed E-state index contributed by atoms with van der Waals surface area (Å²) < 4.78 is 0. The largest absolute Gasteiger partial charge is 0.353 e. The molecule has 4 aliphatic rings. The summed E-state index contributed by atoms with van der Waals surface area (Å²) in [4.78, 5) is 12.7. The third-order valence-electron chi connectivity index (χ3n) is 6.34. The quantitative estimate of drug-likeness (QED) is 0.772. The van der Waals surface area contributed by atoms with Crippen molar-refractivity contribution in [2.24, 2.45) is 35.5 Å². The maximum absolute atomic E-state index is 12.7. The second kappa shape index (κ2) is 6.30. The van der Waals surface area contributed by atoms with Gasteiger partial charge in [-0.3, -0.25) is 4.79 Å². The van der Waals surface area contributed by atoms with Gasteiger partial charge in [0, 0.05) is 12.0 Å². The van der Waals surface area contributed by atoms with Gasteiger partial charge in [-0.2, -0.15) is 0 Å². The Balaban J connectivity index is 1.49. The van der Waals surface area contributed by atoms with Gasteiger partial charge in [-0.25, -0.2) is 0 Å². The summed E-state index contributed by atoms with van der Waals surface area (Å²) in [5.74, 6) is 4.86. The van der Waals surface area contributed by atoms with E-state index in [0.717, 1.165) is 24.2 Å². The van der Waals surface area contributed by atoms with Crippen molar-refractivity contribution in [3.8, 4) is 0 Å². The van der Waals surface area contributed by atoms with Crippen molar-refractivity contribution in [1.82, 2.24) is 5.32 Å². The zero-order chi connectivity index (χ0) is 15.0. The van der Waals surface area contributed by atoms with Crippen LogP contribution in [0.25, 0.3) is 0 Å². The van der Waals surface area contributed by atoms with Crippen LogP contribution >= 0.6 is 0 Å². The predicted octanol–water partition coefficient (Wildman–Crippen LogP) is 4.39. The highest BCUT2D eigenvalue weighted by Crippen LogP contribution is 2.56. The van der Waals surface area contributed by atoms with Crippen molar-refractivity contribution in [2.75, 3.05) is 0 Å². The highest BCUT2D eigenvalue weighted by atomic mass is 16.2. The monoisotopic (exact) mass is 291 g/mol. The summed E-state index contributed by atoms with van der Waals surface area (Å²) in [6, 6.07) is 0.355. The third kappa shape index (κ3) is 3.46. The lowest BCUT2D eigenvalue weighted by atomic mass is 9.51. The number of nitrogens with one attached hydrogen (secondary N) is 1. The molecule has 0 saturated heterocycles. The molecule has 2 nitrogen and oxygen atoms in total. The van der Waals surface area contributed by atoms with E-state index in [1.165, 1.54) is 44.9 Å². The van der Waals surface area contributed by atoms with Crippen molar-refractivity contribution >= 4 is 5.91 Å². The summed E-state index contributed by atoms with van der Waals surface area (Å²) in [6.07, 6.45) is 10.5. The molecule has 0 spiro atoms. The van der Waals surface area contributed by atoms with Crippen LogP contribution in [-0.2, 0) is 4.79 Å². The maximum Gasteiger partial charge on any atom is 0.223 e. The van der Waals surface area contributed by atoms with E-state index in [9.17, 15) is 4.79 Å². The van der Waals surface area contributed by atoms with E-state index in [1.807, 2.05) is 0 Å². The second-order valence-electron chi connectivity index (χ2n) is 8.69. The molecule has 0 aliphatic heterocycles. The lowest BCUT2D eigenvalue weighted by Crippen LogP contribution is -2.52. The zero-order valence-corrected chi connectivity index (χ0v) is 14.1. The first kappa shape index (κ1) is 15.4. The molecule has 4 rings (SSSR count). The van der Waals surface area contributed by atoms with Crippen LogP contribution in [0, 0.1) is 35.5 Å². The van der Waals surface area contributed by atoms with Crippen molar-refractivity contribution in [3.63, 3.8) is 0 Å². The number of rotatable bonds is 6. The van der Waals surface area contributed by atoms with E-state index >= 15 is 0 Å². The molecule has 0 heterocycles. The standard InChI is InChI=1S/C19H33NO/c1-12(2)5-4-6-13(3)20-19(21)18-16-8-14-7-15(10-16)11-17(18)9-14/h12-18H,4-11H2,1-3H3,(H,20,21). The van der Waals surface area contributed by atoms with Crippen LogP contribution < -0.4 is 5.32 Å². The number of hydrogen-bond donors (Lipinski definition) is 1. The van der Waals surface area contributed by atoms with E-state index in [4.69, 9.17) is 0 Å². The molecule has 1 atom stereocenters. The fraction of sp³-hybridized carbons (Fsp3) is 0.947. The van der Waals surface area contributed by atoms with Gasteiger partial charge in [-0.05, 0) is 75.0 Å². The smallest absolute Gasteiger partial charge is 0.223 e. The molecule has 4 fully saturated rings. The Labute approximate surface area is 130 Å². The van der Waals surface area contributed by atoms with E-state index in [1.54, 1.807) is 0 Å². The fourth-order valence-electron chi connectivity index (χ4n) is 5.60. The first-order valence-electron chi connectivity index (χ1n) is 9.33. The minimum atomic E-state index is 0.352. The van der Waals surface area contributed by atoms with Crippen LogP contribution in [0.2, 0.25) is 0 Å².